The zero-order valence-electron chi connectivity index (χ0n) is 33.5. The Balaban J connectivity index is 1.01. The summed E-state index contributed by atoms with van der Waals surface area (Å²) in [4.78, 5) is 26.4. The van der Waals surface area contributed by atoms with E-state index in [9.17, 15) is 0 Å². The molecule has 5 aromatic heterocycles. The zero-order valence-corrected chi connectivity index (χ0v) is 35.1. The largest absolute Gasteiger partial charge is 0.278 e. The third-order valence-electron chi connectivity index (χ3n) is 11.9. The number of rotatable bonds is 6. The molecule has 8 heteroatoms. The summed E-state index contributed by atoms with van der Waals surface area (Å²) >= 11 is 3.50. The fraction of sp³-hybridized carbons (Fsp3) is 0. The fourth-order valence-corrected chi connectivity index (χ4v) is 11.4. The van der Waals surface area contributed by atoms with Gasteiger partial charge in [-0.15, -0.1) is 22.7 Å². The van der Waals surface area contributed by atoms with E-state index >= 15 is 0 Å². The van der Waals surface area contributed by atoms with Gasteiger partial charge in [0.1, 0.15) is 0 Å². The van der Waals surface area contributed by atoms with Gasteiger partial charge in [-0.2, -0.15) is 9.97 Å². The summed E-state index contributed by atoms with van der Waals surface area (Å²) in [5.74, 6) is 2.51. The zero-order chi connectivity index (χ0) is 41.4. The SMILES string of the molecule is c1ccc(-c2nc(-c3cccc4c3sc3cc(-c5nc(-c6ccccc6)c6sc7ccccc7c6n5)ccc34)nc(-n3c4ccccc4c4c(-c5ccccc5)cccc43)n2)cc1. The van der Waals surface area contributed by atoms with Gasteiger partial charge in [0.25, 0.3) is 0 Å². The molecule has 63 heavy (non-hydrogen) atoms. The van der Waals surface area contributed by atoms with Crippen molar-refractivity contribution in [1.82, 2.24) is 29.5 Å². The van der Waals surface area contributed by atoms with E-state index in [4.69, 9.17) is 24.9 Å². The van der Waals surface area contributed by atoms with E-state index in [-0.39, 0.29) is 0 Å². The van der Waals surface area contributed by atoms with Crippen LogP contribution in [0.15, 0.2) is 194 Å². The fourth-order valence-electron chi connectivity index (χ4n) is 9.02. The minimum Gasteiger partial charge on any atom is -0.278 e. The van der Waals surface area contributed by atoms with Crippen molar-refractivity contribution in [2.24, 2.45) is 0 Å². The molecule has 5 heterocycles. The first-order chi connectivity index (χ1) is 31.2. The Morgan fingerprint density at radius 1 is 0.349 bits per heavy atom. The molecule has 0 aliphatic heterocycles. The summed E-state index contributed by atoms with van der Waals surface area (Å²) in [6.45, 7) is 0. The van der Waals surface area contributed by atoms with Gasteiger partial charge in [0, 0.05) is 63.3 Å². The van der Waals surface area contributed by atoms with Crippen LogP contribution in [0.1, 0.15) is 0 Å². The topological polar surface area (TPSA) is 69.4 Å². The predicted octanol–water partition coefficient (Wildman–Crippen LogP) is 14.8. The molecule has 13 rings (SSSR count). The lowest BCUT2D eigenvalue weighted by Gasteiger charge is -2.11. The monoisotopic (exact) mass is 840 g/mol. The number of nitrogens with zero attached hydrogens (tertiary/aromatic N) is 6. The average Bonchev–Trinajstić information content (AvgIpc) is 4.04. The van der Waals surface area contributed by atoms with E-state index in [1.54, 1.807) is 22.7 Å². The molecule has 8 aromatic carbocycles. The first-order valence-corrected chi connectivity index (χ1v) is 22.5. The van der Waals surface area contributed by atoms with Gasteiger partial charge in [-0.1, -0.05) is 164 Å². The van der Waals surface area contributed by atoms with Crippen LogP contribution in [0.5, 0.6) is 0 Å². The van der Waals surface area contributed by atoms with E-state index in [0.717, 1.165) is 85.7 Å². The van der Waals surface area contributed by atoms with Gasteiger partial charge in [-0.3, -0.25) is 4.57 Å². The molecule has 0 radical (unpaired) electrons. The molecule has 6 nitrogen and oxygen atoms in total. The lowest BCUT2D eigenvalue weighted by atomic mass is 9.99. The number of hydrogen-bond acceptors (Lipinski definition) is 7. The van der Waals surface area contributed by atoms with Gasteiger partial charge in [-0.25, -0.2) is 15.0 Å². The summed E-state index contributed by atoms with van der Waals surface area (Å²) < 4.78 is 6.75. The summed E-state index contributed by atoms with van der Waals surface area (Å²) in [5, 5.41) is 5.77. The maximum Gasteiger partial charge on any atom is 0.238 e. The van der Waals surface area contributed by atoms with Gasteiger partial charge in [0.15, 0.2) is 17.5 Å². The van der Waals surface area contributed by atoms with E-state index in [2.05, 4.69) is 174 Å². The highest BCUT2D eigenvalue weighted by Gasteiger charge is 2.22. The molecule has 0 aliphatic carbocycles. The molecule has 294 valence electrons. The molecule has 0 N–H and O–H groups in total. The van der Waals surface area contributed by atoms with Crippen molar-refractivity contribution in [3.8, 4) is 62.5 Å². The summed E-state index contributed by atoms with van der Waals surface area (Å²) in [6.07, 6.45) is 0. The van der Waals surface area contributed by atoms with Crippen LogP contribution in [-0.4, -0.2) is 29.5 Å². The molecular weight excluding hydrogens is 809 g/mol. The van der Waals surface area contributed by atoms with E-state index in [1.807, 2.05) is 24.3 Å². The molecule has 0 spiro atoms. The number of aromatic nitrogens is 6. The molecule has 0 unspecified atom stereocenters. The van der Waals surface area contributed by atoms with Crippen LogP contribution in [0, 0.1) is 0 Å². The highest BCUT2D eigenvalue weighted by atomic mass is 32.1. The Labute approximate surface area is 369 Å². The van der Waals surface area contributed by atoms with Gasteiger partial charge >= 0.3 is 0 Å². The van der Waals surface area contributed by atoms with Crippen LogP contribution < -0.4 is 0 Å². The number of benzene rings is 8. The standard InChI is InChI=1S/C55H32N6S2/c1-4-16-33(17-5-1)37-24-15-28-44-47(37)40-22-10-12-27-43(40)61(44)55-59-52(35-20-8-3-9-21-35)58-54(60-55)42-26-14-25-39-38-31-30-36(32-46(38)63-50(39)42)53-56-48(34-18-6-2-7-19-34)51-49(57-53)41-23-11-13-29-45(41)62-51/h1-32H. The van der Waals surface area contributed by atoms with Crippen LogP contribution in [0.2, 0.25) is 0 Å². The summed E-state index contributed by atoms with van der Waals surface area (Å²) in [7, 11) is 0. The smallest absolute Gasteiger partial charge is 0.238 e. The Kier molecular flexibility index (Phi) is 8.15. The normalized spacial score (nSPS) is 11.8. The van der Waals surface area contributed by atoms with Crippen LogP contribution in [0.4, 0.5) is 0 Å². The van der Waals surface area contributed by atoms with Crippen molar-refractivity contribution in [2.45, 2.75) is 0 Å². The highest BCUT2D eigenvalue weighted by Crippen LogP contribution is 2.44. The third-order valence-corrected chi connectivity index (χ3v) is 14.3. The van der Waals surface area contributed by atoms with Gasteiger partial charge in [0.05, 0.1) is 26.9 Å². The highest BCUT2D eigenvalue weighted by molar-refractivity contribution is 7.26. The quantitative estimate of drug-likeness (QED) is 0.167. The molecule has 13 aromatic rings. The molecular formula is C55H32N6S2. The minimum atomic E-state index is 0.568. The van der Waals surface area contributed by atoms with Crippen molar-refractivity contribution in [2.75, 3.05) is 0 Å². The predicted molar refractivity (Wildman–Crippen MR) is 263 cm³/mol. The third kappa shape index (κ3) is 5.80. The lowest BCUT2D eigenvalue weighted by molar-refractivity contribution is 0.954. The first-order valence-electron chi connectivity index (χ1n) is 20.8. The second kappa shape index (κ2) is 14.3. The summed E-state index contributed by atoms with van der Waals surface area (Å²) in [6, 6.07) is 67.8. The van der Waals surface area contributed by atoms with Gasteiger partial charge in [0.2, 0.25) is 5.95 Å². The molecule has 0 saturated heterocycles. The van der Waals surface area contributed by atoms with Crippen molar-refractivity contribution < 1.29 is 0 Å². The number of hydrogen-bond donors (Lipinski definition) is 0. The van der Waals surface area contributed by atoms with E-state index in [0.29, 0.717) is 23.4 Å². The van der Waals surface area contributed by atoms with Crippen molar-refractivity contribution in [3.05, 3.63) is 194 Å². The van der Waals surface area contributed by atoms with Crippen LogP contribution in [0.25, 0.3) is 125 Å². The maximum atomic E-state index is 5.38. The maximum absolute atomic E-state index is 5.38. The van der Waals surface area contributed by atoms with Crippen molar-refractivity contribution >= 4 is 85.0 Å². The molecule has 0 fully saturated rings. The molecule has 0 amide bonds. The molecule has 0 atom stereocenters. The van der Waals surface area contributed by atoms with Crippen molar-refractivity contribution in [3.63, 3.8) is 0 Å². The second-order valence-electron chi connectivity index (χ2n) is 15.6. The second-order valence-corrected chi connectivity index (χ2v) is 17.7. The minimum absolute atomic E-state index is 0.568. The molecule has 0 saturated carbocycles. The first kappa shape index (κ1) is 35.8. The number of para-hydroxylation sites is 1. The Bertz CT molecular complexity index is 3910. The van der Waals surface area contributed by atoms with Gasteiger partial charge in [-0.05, 0) is 41.5 Å². The Hall–Kier alpha value is -7.91. The Morgan fingerprint density at radius 3 is 1.79 bits per heavy atom. The number of thiophene rings is 2. The summed E-state index contributed by atoms with van der Waals surface area (Å²) in [5.41, 5.74) is 10.3. The van der Waals surface area contributed by atoms with Crippen LogP contribution >= 0.6 is 22.7 Å². The lowest BCUT2D eigenvalue weighted by Crippen LogP contribution is -2.06. The average molecular weight is 841 g/mol. The molecule has 0 bridgehead atoms. The number of fused-ring (bicyclic) bond motifs is 9. The van der Waals surface area contributed by atoms with Gasteiger partial charge < -0.3 is 0 Å². The van der Waals surface area contributed by atoms with Crippen LogP contribution in [-0.2, 0) is 0 Å². The van der Waals surface area contributed by atoms with E-state index < -0.39 is 0 Å². The van der Waals surface area contributed by atoms with E-state index in [1.165, 1.54) is 15.6 Å². The van der Waals surface area contributed by atoms with Crippen LogP contribution in [0.3, 0.4) is 0 Å². The van der Waals surface area contributed by atoms with Crippen molar-refractivity contribution in [1.29, 1.82) is 0 Å². The molecule has 0 aliphatic rings. The Morgan fingerprint density at radius 2 is 0.968 bits per heavy atom.